The van der Waals surface area contributed by atoms with Crippen molar-refractivity contribution in [3.8, 4) is 0 Å². The summed E-state index contributed by atoms with van der Waals surface area (Å²) in [5, 5.41) is 3.34. The van der Waals surface area contributed by atoms with Crippen molar-refractivity contribution in [2.75, 3.05) is 19.8 Å². The summed E-state index contributed by atoms with van der Waals surface area (Å²) < 4.78 is 5.25. The molecule has 0 atom stereocenters. The van der Waals surface area contributed by atoms with Gasteiger partial charge in [-0.05, 0) is 26.3 Å². The van der Waals surface area contributed by atoms with E-state index in [2.05, 4.69) is 15.3 Å². The molecule has 1 rings (SSSR count). The summed E-state index contributed by atoms with van der Waals surface area (Å²) in [4.78, 5) is 7.91. The van der Waals surface area contributed by atoms with Gasteiger partial charge in [0.1, 0.15) is 6.33 Å². The molecule has 1 aromatic rings. The fraction of sp³-hybridized carbons (Fsp3) is 0.636. The third-order valence-electron chi connectivity index (χ3n) is 2.04. The summed E-state index contributed by atoms with van der Waals surface area (Å²) >= 11 is 0. The van der Waals surface area contributed by atoms with Crippen LogP contribution in [0.25, 0.3) is 0 Å². The molecule has 16 heavy (non-hydrogen) atoms. The standard InChI is InChI=1S/C11H19N3O.ClH/c1-2-15-6-4-3-5-12-7-11-8-13-10-14-9-11;/h8-10,12H,2-7H2,1H3;1H. The lowest BCUT2D eigenvalue weighted by molar-refractivity contribution is 0.143. The predicted octanol–water partition coefficient (Wildman–Crippen LogP) is 1.80. The van der Waals surface area contributed by atoms with Crippen LogP contribution in [0.3, 0.4) is 0 Å². The smallest absolute Gasteiger partial charge is 0.115 e. The molecule has 0 saturated carbocycles. The van der Waals surface area contributed by atoms with E-state index in [-0.39, 0.29) is 12.4 Å². The molecule has 1 N–H and O–H groups in total. The van der Waals surface area contributed by atoms with Gasteiger partial charge in [0.05, 0.1) is 0 Å². The van der Waals surface area contributed by atoms with Crippen molar-refractivity contribution in [2.45, 2.75) is 26.3 Å². The maximum atomic E-state index is 5.25. The van der Waals surface area contributed by atoms with Gasteiger partial charge in [0.15, 0.2) is 0 Å². The zero-order chi connectivity index (χ0) is 10.8. The molecule has 0 amide bonds. The Morgan fingerprint density at radius 1 is 1.25 bits per heavy atom. The topological polar surface area (TPSA) is 47.0 Å². The first-order valence-electron chi connectivity index (χ1n) is 5.46. The molecule has 0 fully saturated rings. The van der Waals surface area contributed by atoms with Crippen LogP contribution < -0.4 is 5.32 Å². The first-order valence-corrected chi connectivity index (χ1v) is 5.46. The van der Waals surface area contributed by atoms with Crippen LogP contribution in [0, 0.1) is 0 Å². The summed E-state index contributed by atoms with van der Waals surface area (Å²) in [5.41, 5.74) is 1.13. The normalized spacial score (nSPS) is 9.81. The number of hydrogen-bond acceptors (Lipinski definition) is 4. The molecule has 0 unspecified atom stereocenters. The van der Waals surface area contributed by atoms with E-state index in [1.807, 2.05) is 19.3 Å². The molecule has 0 bridgehead atoms. The molecule has 0 aromatic carbocycles. The van der Waals surface area contributed by atoms with Crippen molar-refractivity contribution >= 4 is 12.4 Å². The molecule has 1 heterocycles. The monoisotopic (exact) mass is 245 g/mol. The minimum Gasteiger partial charge on any atom is -0.382 e. The summed E-state index contributed by atoms with van der Waals surface area (Å²) in [6, 6.07) is 0. The van der Waals surface area contributed by atoms with Gasteiger partial charge in [-0.3, -0.25) is 0 Å². The van der Waals surface area contributed by atoms with E-state index in [9.17, 15) is 0 Å². The Morgan fingerprint density at radius 2 is 2.00 bits per heavy atom. The number of ether oxygens (including phenoxy) is 1. The summed E-state index contributed by atoms with van der Waals surface area (Å²) in [5.74, 6) is 0. The van der Waals surface area contributed by atoms with Gasteiger partial charge in [0.25, 0.3) is 0 Å². The second-order valence-electron chi connectivity index (χ2n) is 3.33. The van der Waals surface area contributed by atoms with E-state index in [4.69, 9.17) is 4.74 Å². The average molecular weight is 246 g/mol. The number of unbranched alkanes of at least 4 members (excludes halogenated alkanes) is 1. The minimum atomic E-state index is 0. The van der Waals surface area contributed by atoms with Crippen LogP contribution in [-0.4, -0.2) is 29.7 Å². The van der Waals surface area contributed by atoms with E-state index < -0.39 is 0 Å². The number of nitrogens with one attached hydrogen (secondary N) is 1. The largest absolute Gasteiger partial charge is 0.382 e. The molecule has 92 valence electrons. The lowest BCUT2D eigenvalue weighted by Crippen LogP contribution is -2.15. The third kappa shape index (κ3) is 7.56. The van der Waals surface area contributed by atoms with Crippen LogP contribution >= 0.6 is 12.4 Å². The Kier molecular flexibility index (Phi) is 10.3. The molecule has 0 saturated heterocycles. The lowest BCUT2D eigenvalue weighted by Gasteiger charge is -2.04. The minimum absolute atomic E-state index is 0. The first kappa shape index (κ1) is 15.3. The maximum absolute atomic E-state index is 5.25. The molecule has 0 spiro atoms. The Hall–Kier alpha value is -0.710. The molecule has 0 aliphatic rings. The van der Waals surface area contributed by atoms with Gasteiger partial charge in [0, 0.05) is 37.7 Å². The molecule has 5 heteroatoms. The van der Waals surface area contributed by atoms with Crippen LogP contribution in [-0.2, 0) is 11.3 Å². The average Bonchev–Trinajstić information content (AvgIpc) is 2.29. The Labute approximate surface area is 103 Å². The molecule has 0 aliphatic carbocycles. The van der Waals surface area contributed by atoms with Gasteiger partial charge in [-0.1, -0.05) is 0 Å². The highest BCUT2D eigenvalue weighted by atomic mass is 35.5. The van der Waals surface area contributed by atoms with E-state index in [1.165, 1.54) is 0 Å². The van der Waals surface area contributed by atoms with Gasteiger partial charge in [-0.25, -0.2) is 9.97 Å². The van der Waals surface area contributed by atoms with Crippen LogP contribution in [0.5, 0.6) is 0 Å². The van der Waals surface area contributed by atoms with Crippen LogP contribution in [0.1, 0.15) is 25.3 Å². The van der Waals surface area contributed by atoms with Crippen molar-refractivity contribution in [3.63, 3.8) is 0 Å². The van der Waals surface area contributed by atoms with Gasteiger partial charge in [-0.15, -0.1) is 12.4 Å². The number of halogens is 1. The summed E-state index contributed by atoms with van der Waals surface area (Å²) in [6.45, 7) is 5.56. The van der Waals surface area contributed by atoms with Gasteiger partial charge in [0.2, 0.25) is 0 Å². The fourth-order valence-corrected chi connectivity index (χ4v) is 1.25. The van der Waals surface area contributed by atoms with Gasteiger partial charge in [-0.2, -0.15) is 0 Å². The molecular formula is C11H20ClN3O. The van der Waals surface area contributed by atoms with Crippen LogP contribution in [0.4, 0.5) is 0 Å². The summed E-state index contributed by atoms with van der Waals surface area (Å²) in [7, 11) is 0. The zero-order valence-corrected chi connectivity index (χ0v) is 10.5. The second kappa shape index (κ2) is 10.8. The van der Waals surface area contributed by atoms with Crippen LogP contribution in [0.2, 0.25) is 0 Å². The first-order chi connectivity index (χ1) is 7.43. The molecule has 1 aromatic heterocycles. The molecule has 4 nitrogen and oxygen atoms in total. The van der Waals surface area contributed by atoms with Crippen LogP contribution in [0.15, 0.2) is 18.7 Å². The highest BCUT2D eigenvalue weighted by molar-refractivity contribution is 5.85. The number of nitrogens with zero attached hydrogens (tertiary/aromatic N) is 2. The van der Waals surface area contributed by atoms with E-state index >= 15 is 0 Å². The zero-order valence-electron chi connectivity index (χ0n) is 9.69. The highest BCUT2D eigenvalue weighted by Crippen LogP contribution is 1.93. The van der Waals surface area contributed by atoms with E-state index in [0.717, 1.165) is 44.7 Å². The molecular weight excluding hydrogens is 226 g/mol. The second-order valence-corrected chi connectivity index (χ2v) is 3.33. The molecule has 0 radical (unpaired) electrons. The number of rotatable bonds is 8. The van der Waals surface area contributed by atoms with Crippen molar-refractivity contribution in [1.29, 1.82) is 0 Å². The SMILES string of the molecule is CCOCCCCNCc1cncnc1.Cl. The van der Waals surface area contributed by atoms with Crippen molar-refractivity contribution in [1.82, 2.24) is 15.3 Å². The summed E-state index contributed by atoms with van der Waals surface area (Å²) in [6.07, 6.45) is 7.48. The quantitative estimate of drug-likeness (QED) is 0.710. The number of hydrogen-bond donors (Lipinski definition) is 1. The Balaban J connectivity index is 0.00000225. The lowest BCUT2D eigenvalue weighted by atomic mass is 10.3. The van der Waals surface area contributed by atoms with Crippen molar-refractivity contribution < 1.29 is 4.74 Å². The number of aromatic nitrogens is 2. The Morgan fingerprint density at radius 3 is 2.69 bits per heavy atom. The Bertz CT molecular complexity index is 246. The fourth-order valence-electron chi connectivity index (χ4n) is 1.25. The molecule has 0 aliphatic heterocycles. The van der Waals surface area contributed by atoms with E-state index in [1.54, 1.807) is 6.33 Å². The van der Waals surface area contributed by atoms with Crippen molar-refractivity contribution in [2.24, 2.45) is 0 Å². The predicted molar refractivity (Wildman–Crippen MR) is 66.7 cm³/mol. The van der Waals surface area contributed by atoms with E-state index in [0.29, 0.717) is 0 Å². The van der Waals surface area contributed by atoms with Crippen molar-refractivity contribution in [3.05, 3.63) is 24.3 Å². The highest BCUT2D eigenvalue weighted by Gasteiger charge is 1.92. The van der Waals surface area contributed by atoms with Gasteiger partial charge < -0.3 is 10.1 Å². The third-order valence-corrected chi connectivity index (χ3v) is 2.04. The van der Waals surface area contributed by atoms with Gasteiger partial charge >= 0.3 is 0 Å². The maximum Gasteiger partial charge on any atom is 0.115 e.